The number of para-hydroxylation sites is 1. The molecule has 0 spiro atoms. The Hall–Kier alpha value is -2.66. The van der Waals surface area contributed by atoms with Crippen LogP contribution in [0.5, 0.6) is 5.75 Å². The van der Waals surface area contributed by atoms with Crippen LogP contribution in [0.2, 0.25) is 0 Å². The Balaban J connectivity index is 2.15. The van der Waals surface area contributed by atoms with Gasteiger partial charge in [0.15, 0.2) is 0 Å². The summed E-state index contributed by atoms with van der Waals surface area (Å²) in [6.07, 6.45) is 0. The Morgan fingerprint density at radius 3 is 2.43 bits per heavy atom. The molecule has 0 radical (unpaired) electrons. The normalized spacial score (nSPS) is 12.6. The van der Waals surface area contributed by atoms with E-state index in [9.17, 15) is 5.11 Å². The predicted octanol–water partition coefficient (Wildman–Crippen LogP) is 3.73. The van der Waals surface area contributed by atoms with Gasteiger partial charge in [0.05, 0.1) is 11.4 Å². The van der Waals surface area contributed by atoms with Gasteiger partial charge in [-0.1, -0.05) is 42.5 Å². The summed E-state index contributed by atoms with van der Waals surface area (Å²) in [6.45, 7) is 1.88. The first kappa shape index (κ1) is 15.2. The number of phenolic OH excluding ortho intramolecular Hbond substituents is 1. The summed E-state index contributed by atoms with van der Waals surface area (Å²) in [4.78, 5) is 5.10. The Kier molecular flexibility index (Phi) is 4.39. The predicted molar refractivity (Wildman–Crippen MR) is 94.9 cm³/mol. The number of phenols is 1. The number of aromatic hydroxyl groups is 1. The molecule has 0 atom stereocenters. The van der Waals surface area contributed by atoms with E-state index in [1.807, 2.05) is 59.4 Å². The van der Waals surface area contributed by atoms with Crippen molar-refractivity contribution in [2.75, 3.05) is 7.05 Å². The first-order valence-corrected chi connectivity index (χ1v) is 8.11. The molecule has 2 aromatic carbocycles. The molecule has 116 valence electrons. The minimum atomic E-state index is 0.223. The fourth-order valence-electron chi connectivity index (χ4n) is 2.34. The van der Waals surface area contributed by atoms with E-state index in [-0.39, 0.29) is 5.75 Å². The molecule has 3 rings (SSSR count). The molecule has 0 bridgehead atoms. The van der Waals surface area contributed by atoms with Gasteiger partial charge in [-0.15, -0.1) is 11.3 Å². The van der Waals surface area contributed by atoms with E-state index in [4.69, 9.17) is 0 Å². The zero-order chi connectivity index (χ0) is 16.2. The maximum Gasteiger partial charge on any atom is 0.205 e. The van der Waals surface area contributed by atoms with Gasteiger partial charge >= 0.3 is 0 Å². The van der Waals surface area contributed by atoms with E-state index in [2.05, 4.69) is 10.1 Å². The van der Waals surface area contributed by atoms with Crippen molar-refractivity contribution < 1.29 is 5.11 Å². The topological polar surface area (TPSA) is 49.9 Å². The number of aromatic nitrogens is 1. The van der Waals surface area contributed by atoms with E-state index < -0.39 is 0 Å². The molecule has 1 heterocycles. The average Bonchev–Trinajstić information content (AvgIpc) is 2.98. The maximum absolute atomic E-state index is 10.0. The van der Waals surface area contributed by atoms with Crippen LogP contribution in [-0.2, 0) is 0 Å². The molecule has 0 saturated heterocycles. The molecule has 4 nitrogen and oxygen atoms in total. The first-order valence-electron chi connectivity index (χ1n) is 7.23. The van der Waals surface area contributed by atoms with Crippen molar-refractivity contribution in [3.63, 3.8) is 0 Å². The van der Waals surface area contributed by atoms with Crippen LogP contribution < -0.4 is 4.80 Å². The van der Waals surface area contributed by atoms with Crippen molar-refractivity contribution in [3.05, 3.63) is 70.3 Å². The lowest BCUT2D eigenvalue weighted by atomic mass is 10.1. The van der Waals surface area contributed by atoms with Gasteiger partial charge in [0.1, 0.15) is 5.75 Å². The molecule has 3 aromatic rings. The zero-order valence-corrected chi connectivity index (χ0v) is 13.8. The average molecular weight is 323 g/mol. The third-order valence-electron chi connectivity index (χ3n) is 3.49. The van der Waals surface area contributed by atoms with Crippen molar-refractivity contribution in [3.8, 4) is 17.0 Å². The third-order valence-corrected chi connectivity index (χ3v) is 4.40. The van der Waals surface area contributed by atoms with Crippen LogP contribution in [0.25, 0.3) is 11.3 Å². The van der Waals surface area contributed by atoms with Crippen LogP contribution in [0.1, 0.15) is 12.5 Å². The van der Waals surface area contributed by atoms with Crippen LogP contribution >= 0.6 is 11.3 Å². The van der Waals surface area contributed by atoms with Gasteiger partial charge in [0.25, 0.3) is 0 Å². The summed E-state index contributed by atoms with van der Waals surface area (Å²) in [6, 6.07) is 17.3. The summed E-state index contributed by atoms with van der Waals surface area (Å²) in [5.41, 5.74) is 3.50. The molecule has 0 saturated carbocycles. The zero-order valence-electron chi connectivity index (χ0n) is 13.0. The van der Waals surface area contributed by atoms with Gasteiger partial charge in [-0.2, -0.15) is 5.10 Å². The quantitative estimate of drug-likeness (QED) is 0.734. The maximum atomic E-state index is 10.0. The van der Waals surface area contributed by atoms with Crippen LogP contribution in [0.4, 0.5) is 0 Å². The van der Waals surface area contributed by atoms with E-state index >= 15 is 0 Å². The second-order valence-electron chi connectivity index (χ2n) is 5.01. The summed E-state index contributed by atoms with van der Waals surface area (Å²) in [7, 11) is 1.75. The largest absolute Gasteiger partial charge is 0.507 e. The second kappa shape index (κ2) is 6.62. The van der Waals surface area contributed by atoms with Gasteiger partial charge in [-0.05, 0) is 19.1 Å². The SMILES string of the molecule is CN=c1scc(-c2ccccc2)n1N=C(C)c1ccccc1O. The molecular weight excluding hydrogens is 306 g/mol. The lowest BCUT2D eigenvalue weighted by Gasteiger charge is -2.07. The highest BCUT2D eigenvalue weighted by atomic mass is 32.1. The monoisotopic (exact) mass is 323 g/mol. The van der Waals surface area contributed by atoms with Gasteiger partial charge in [-0.25, -0.2) is 4.68 Å². The van der Waals surface area contributed by atoms with Crippen molar-refractivity contribution in [1.29, 1.82) is 0 Å². The second-order valence-corrected chi connectivity index (χ2v) is 5.84. The highest BCUT2D eigenvalue weighted by molar-refractivity contribution is 7.07. The molecular formula is C18H17N3OS. The van der Waals surface area contributed by atoms with Gasteiger partial charge in [0, 0.05) is 23.6 Å². The Labute approximate surface area is 138 Å². The molecule has 5 heteroatoms. The Morgan fingerprint density at radius 1 is 1.04 bits per heavy atom. The fraction of sp³-hybridized carbons (Fsp3) is 0.111. The first-order chi connectivity index (χ1) is 11.2. The Morgan fingerprint density at radius 2 is 1.74 bits per heavy atom. The van der Waals surface area contributed by atoms with Crippen molar-refractivity contribution in [2.45, 2.75) is 6.92 Å². The molecule has 0 fully saturated rings. The highest BCUT2D eigenvalue weighted by Gasteiger charge is 2.09. The van der Waals surface area contributed by atoms with E-state index in [0.717, 1.165) is 21.8 Å². The van der Waals surface area contributed by atoms with Crippen LogP contribution in [0.15, 0.2) is 70.1 Å². The fourth-order valence-corrected chi connectivity index (χ4v) is 3.14. The van der Waals surface area contributed by atoms with Crippen LogP contribution in [-0.4, -0.2) is 22.5 Å². The summed E-state index contributed by atoms with van der Waals surface area (Å²) >= 11 is 1.54. The number of hydrogen-bond donors (Lipinski definition) is 1. The van der Waals surface area contributed by atoms with Crippen molar-refractivity contribution in [1.82, 2.24) is 4.68 Å². The summed E-state index contributed by atoms with van der Waals surface area (Å²) < 4.78 is 1.82. The van der Waals surface area contributed by atoms with E-state index in [1.165, 1.54) is 11.3 Å². The van der Waals surface area contributed by atoms with Crippen LogP contribution in [0.3, 0.4) is 0 Å². The molecule has 23 heavy (non-hydrogen) atoms. The van der Waals surface area contributed by atoms with Crippen LogP contribution in [0, 0.1) is 0 Å². The minimum Gasteiger partial charge on any atom is -0.507 e. The number of rotatable bonds is 3. The molecule has 0 unspecified atom stereocenters. The number of benzene rings is 2. The Bertz CT molecular complexity index is 907. The molecule has 0 amide bonds. The number of hydrogen-bond acceptors (Lipinski definition) is 4. The van der Waals surface area contributed by atoms with E-state index in [1.54, 1.807) is 19.2 Å². The molecule has 0 aliphatic heterocycles. The van der Waals surface area contributed by atoms with E-state index in [0.29, 0.717) is 5.56 Å². The standard InChI is InChI=1S/C18H17N3OS/c1-13(15-10-6-7-11-17(15)22)20-21-16(12-23-18(21)19-2)14-8-4-3-5-9-14/h3-12,22H,1-2H3. The summed E-state index contributed by atoms with van der Waals surface area (Å²) in [5, 5.41) is 16.7. The lowest BCUT2D eigenvalue weighted by Crippen LogP contribution is -2.13. The molecule has 0 aliphatic carbocycles. The van der Waals surface area contributed by atoms with Gasteiger partial charge < -0.3 is 5.11 Å². The number of nitrogens with zero attached hydrogens (tertiary/aromatic N) is 3. The smallest absolute Gasteiger partial charge is 0.205 e. The number of thiazole rings is 1. The third kappa shape index (κ3) is 3.10. The summed E-state index contributed by atoms with van der Waals surface area (Å²) in [5.74, 6) is 0.223. The molecule has 1 aromatic heterocycles. The van der Waals surface area contributed by atoms with Crippen molar-refractivity contribution >= 4 is 17.0 Å². The van der Waals surface area contributed by atoms with Gasteiger partial charge in [0.2, 0.25) is 4.80 Å². The van der Waals surface area contributed by atoms with Gasteiger partial charge in [-0.3, -0.25) is 4.99 Å². The minimum absolute atomic E-state index is 0.223. The molecule has 0 aliphatic rings. The molecule has 1 N–H and O–H groups in total. The van der Waals surface area contributed by atoms with Crippen molar-refractivity contribution in [2.24, 2.45) is 10.1 Å². The highest BCUT2D eigenvalue weighted by Crippen LogP contribution is 2.21. The lowest BCUT2D eigenvalue weighted by molar-refractivity contribution is 0.474.